The highest BCUT2D eigenvalue weighted by molar-refractivity contribution is 6.76. The Kier molecular flexibility index (Phi) is 32.3. The van der Waals surface area contributed by atoms with Crippen molar-refractivity contribution in [1.82, 2.24) is 5.32 Å². The summed E-state index contributed by atoms with van der Waals surface area (Å²) in [6, 6.07) is 10.6. The van der Waals surface area contributed by atoms with Gasteiger partial charge in [-0.3, -0.25) is 9.59 Å². The van der Waals surface area contributed by atoms with E-state index in [1.165, 1.54) is 64.2 Å². The molecule has 1 aliphatic rings. The molecule has 1 aliphatic heterocycles. The van der Waals surface area contributed by atoms with Gasteiger partial charge in [-0.05, 0) is 30.5 Å². The number of rotatable bonds is 40. The number of aliphatic hydroxyl groups excluding tert-OH is 2. The van der Waals surface area contributed by atoms with Gasteiger partial charge >= 0.3 is 5.97 Å². The normalized spacial score (nSPS) is 20.1. The highest BCUT2D eigenvalue weighted by Crippen LogP contribution is 2.27. The van der Waals surface area contributed by atoms with Crippen LogP contribution in [-0.2, 0) is 49.4 Å². The molecule has 1 amide bonds. The van der Waals surface area contributed by atoms with Crippen LogP contribution >= 0.6 is 0 Å². The summed E-state index contributed by atoms with van der Waals surface area (Å²) in [4.78, 5) is 28.0. The number of carbonyl (C=O) groups is 2. The van der Waals surface area contributed by atoms with Crippen LogP contribution in [0.4, 0.5) is 0 Å². The minimum absolute atomic E-state index is 0.00709. The van der Waals surface area contributed by atoms with E-state index in [1.54, 1.807) is 0 Å². The molecule has 1 fully saturated rings. The van der Waals surface area contributed by atoms with Gasteiger partial charge in [-0.25, -0.2) is 0 Å². The van der Waals surface area contributed by atoms with E-state index in [2.05, 4.69) is 58.4 Å². The van der Waals surface area contributed by atoms with Crippen molar-refractivity contribution in [3.8, 4) is 0 Å². The van der Waals surface area contributed by atoms with Gasteiger partial charge in [-0.2, -0.15) is 0 Å². The summed E-state index contributed by atoms with van der Waals surface area (Å²) in [6.45, 7) is 19.0. The van der Waals surface area contributed by atoms with Gasteiger partial charge in [0.2, 0.25) is 5.91 Å². The summed E-state index contributed by atoms with van der Waals surface area (Å²) in [5.41, 5.74) is 1.02. The van der Waals surface area contributed by atoms with Crippen LogP contribution in [0.25, 0.3) is 0 Å². The largest absolute Gasteiger partial charge is 0.457 e. The molecule has 0 bridgehead atoms. The van der Waals surface area contributed by atoms with Gasteiger partial charge in [0.1, 0.15) is 31.8 Å². The summed E-state index contributed by atoms with van der Waals surface area (Å²) in [5.74, 6) is -0.933. The highest BCUT2D eigenvalue weighted by atomic mass is 28.3. The summed E-state index contributed by atoms with van der Waals surface area (Å²) < 4.78 is 42.7. The van der Waals surface area contributed by atoms with E-state index >= 15 is 0 Å². The molecule has 0 aromatic heterocycles. The minimum Gasteiger partial charge on any atom is -0.457 e. The van der Waals surface area contributed by atoms with Gasteiger partial charge in [0.05, 0.1) is 38.3 Å². The highest BCUT2D eigenvalue weighted by Gasteiger charge is 2.49. The van der Waals surface area contributed by atoms with Gasteiger partial charge in [0.15, 0.2) is 12.4 Å². The Morgan fingerprint density at radius 3 is 1.74 bits per heavy atom. The predicted octanol–water partition coefficient (Wildman–Crippen LogP) is 10.9. The van der Waals surface area contributed by atoms with Gasteiger partial charge in [-0.1, -0.05) is 186 Å². The van der Waals surface area contributed by atoms with Crippen molar-refractivity contribution in [3.05, 3.63) is 35.9 Å². The standard InChI is InChI=1S/C51H95NO11Si2/c1-9-11-13-15-17-18-20-22-26-30-43(60-40-57-32-34-64(3,4)5)36-46(54)52-48-50(49(56)45(38-53)62-51(48)59-33-35-65(6,7)8)63-47(55)37-44(31-27-21-19-16-14-12-10-2)61-41-58-39-42-28-24-23-25-29-42/h23-25,28-29,43-45,48-51,53,56H,9-22,26-27,30-41H2,1-8H3,(H,52,54)/t43?,44?,45-,48-,49-,50-,51-/m1/s1. The lowest BCUT2D eigenvalue weighted by atomic mass is 9.96. The molecule has 14 heteroatoms. The topological polar surface area (TPSA) is 151 Å². The average molecular weight is 954 g/mol. The number of ether oxygens (including phenoxy) is 7. The fourth-order valence-electron chi connectivity index (χ4n) is 7.78. The summed E-state index contributed by atoms with van der Waals surface area (Å²) in [7, 11) is -2.82. The SMILES string of the molecule is CCCCCCCCCCCC(CC(=O)N[C@H]1[C@H](OCC[Si](C)(C)C)O[C@H](CO)[C@@H](O)[C@@H]1OC(=O)CC(CCCCCCCCC)OCOCc1ccccc1)OCOCC[Si](C)(C)C. The Hall–Kier alpha value is -1.73. The van der Waals surface area contributed by atoms with Crippen molar-refractivity contribution in [2.45, 2.75) is 243 Å². The number of esters is 1. The van der Waals surface area contributed by atoms with Crippen LogP contribution in [0, 0.1) is 0 Å². The van der Waals surface area contributed by atoms with E-state index in [4.69, 9.17) is 33.2 Å². The molecule has 7 atom stereocenters. The first-order chi connectivity index (χ1) is 31.2. The van der Waals surface area contributed by atoms with Crippen LogP contribution in [0.1, 0.15) is 148 Å². The van der Waals surface area contributed by atoms with Crippen molar-refractivity contribution < 1.29 is 53.0 Å². The summed E-state index contributed by atoms with van der Waals surface area (Å²) in [6.07, 6.45) is 14.1. The number of hydrogen-bond acceptors (Lipinski definition) is 11. The van der Waals surface area contributed by atoms with Crippen molar-refractivity contribution in [2.24, 2.45) is 0 Å². The number of carbonyl (C=O) groups excluding carboxylic acids is 2. The second-order valence-electron chi connectivity index (χ2n) is 20.7. The number of benzene rings is 1. The van der Waals surface area contributed by atoms with E-state index in [0.29, 0.717) is 32.7 Å². The van der Waals surface area contributed by atoms with Crippen LogP contribution in [-0.4, -0.2) is 114 Å². The third kappa shape index (κ3) is 29.7. The molecule has 1 aromatic rings. The van der Waals surface area contributed by atoms with E-state index < -0.39 is 71.6 Å². The predicted molar refractivity (Wildman–Crippen MR) is 266 cm³/mol. The molecule has 12 nitrogen and oxygen atoms in total. The molecule has 1 saturated heterocycles. The molecule has 378 valence electrons. The Labute approximate surface area is 397 Å². The first kappa shape index (κ1) is 59.4. The van der Waals surface area contributed by atoms with Gasteiger partial charge in [0, 0.05) is 29.4 Å². The molecule has 0 aliphatic carbocycles. The molecule has 2 rings (SSSR count). The maximum absolute atomic E-state index is 14.1. The number of unbranched alkanes of at least 4 members (excludes halogenated alkanes) is 14. The zero-order chi connectivity index (χ0) is 47.8. The Morgan fingerprint density at radius 1 is 0.692 bits per heavy atom. The number of amides is 1. The lowest BCUT2D eigenvalue weighted by Gasteiger charge is -2.44. The van der Waals surface area contributed by atoms with E-state index in [1.807, 2.05) is 30.3 Å². The minimum atomic E-state index is -1.54. The lowest BCUT2D eigenvalue weighted by molar-refractivity contribution is -0.273. The number of nitrogens with one attached hydrogen (secondary N) is 1. The fourth-order valence-corrected chi connectivity index (χ4v) is 9.27. The van der Waals surface area contributed by atoms with E-state index in [9.17, 15) is 19.8 Å². The molecular weight excluding hydrogens is 859 g/mol. The smallest absolute Gasteiger partial charge is 0.308 e. The van der Waals surface area contributed by atoms with Crippen LogP contribution in [0.2, 0.25) is 51.4 Å². The number of aliphatic hydroxyl groups is 2. The molecule has 0 saturated carbocycles. The van der Waals surface area contributed by atoms with Crippen molar-refractivity contribution >= 4 is 28.0 Å². The van der Waals surface area contributed by atoms with E-state index in [0.717, 1.165) is 56.2 Å². The molecule has 65 heavy (non-hydrogen) atoms. The Morgan fingerprint density at radius 2 is 1.20 bits per heavy atom. The molecule has 0 spiro atoms. The van der Waals surface area contributed by atoms with Gasteiger partial charge < -0.3 is 48.7 Å². The first-order valence-corrected chi connectivity index (χ1v) is 33.0. The van der Waals surface area contributed by atoms with Gasteiger partial charge in [-0.15, -0.1) is 0 Å². The van der Waals surface area contributed by atoms with Crippen molar-refractivity contribution in [3.63, 3.8) is 0 Å². The van der Waals surface area contributed by atoms with Crippen LogP contribution < -0.4 is 5.32 Å². The third-order valence-electron chi connectivity index (χ3n) is 12.0. The monoisotopic (exact) mass is 954 g/mol. The quantitative estimate of drug-likeness (QED) is 0.0250. The Bertz CT molecular complexity index is 1330. The van der Waals surface area contributed by atoms with Crippen LogP contribution in [0.3, 0.4) is 0 Å². The zero-order valence-electron chi connectivity index (χ0n) is 42.3. The molecular formula is C51H95NO11Si2. The van der Waals surface area contributed by atoms with Crippen LogP contribution in [0.5, 0.6) is 0 Å². The van der Waals surface area contributed by atoms with Crippen LogP contribution in [0.15, 0.2) is 30.3 Å². The summed E-state index contributed by atoms with van der Waals surface area (Å²) in [5, 5.41) is 25.0. The zero-order valence-corrected chi connectivity index (χ0v) is 44.3. The maximum Gasteiger partial charge on any atom is 0.308 e. The van der Waals surface area contributed by atoms with Crippen molar-refractivity contribution in [1.29, 1.82) is 0 Å². The second-order valence-corrected chi connectivity index (χ2v) is 32.0. The molecule has 0 radical (unpaired) electrons. The molecule has 1 heterocycles. The Balaban J connectivity index is 2.22. The molecule has 1 aromatic carbocycles. The fraction of sp³-hybridized carbons (Fsp3) is 0.843. The molecule has 3 N–H and O–H groups in total. The van der Waals surface area contributed by atoms with E-state index in [-0.39, 0.29) is 32.3 Å². The maximum atomic E-state index is 14.1. The molecule has 2 unspecified atom stereocenters. The second kappa shape index (κ2) is 35.4. The van der Waals surface area contributed by atoms with Crippen molar-refractivity contribution in [2.75, 3.05) is 33.4 Å². The van der Waals surface area contributed by atoms with Gasteiger partial charge in [0.25, 0.3) is 0 Å². The summed E-state index contributed by atoms with van der Waals surface area (Å²) >= 11 is 0. The third-order valence-corrected chi connectivity index (χ3v) is 15.4. The first-order valence-electron chi connectivity index (χ1n) is 25.6. The average Bonchev–Trinajstić information content (AvgIpc) is 3.25. The number of hydrogen-bond donors (Lipinski definition) is 3. The lowest BCUT2D eigenvalue weighted by Crippen LogP contribution is -2.66.